The Morgan fingerprint density at radius 3 is 2.84 bits per heavy atom. The Hall–Kier alpha value is -1.62. The second-order valence-corrected chi connectivity index (χ2v) is 6.27. The van der Waals surface area contributed by atoms with Gasteiger partial charge in [-0.15, -0.1) is 0 Å². The number of anilines is 1. The van der Waals surface area contributed by atoms with Crippen molar-refractivity contribution in [3.05, 3.63) is 40.7 Å². The summed E-state index contributed by atoms with van der Waals surface area (Å²) >= 11 is 0. The lowest BCUT2D eigenvalue weighted by atomic mass is 10.1. The van der Waals surface area contributed by atoms with Gasteiger partial charge in [0.25, 0.3) is 5.56 Å². The van der Waals surface area contributed by atoms with Crippen LogP contribution in [-0.4, -0.2) is 27.2 Å². The maximum atomic E-state index is 11.9. The van der Waals surface area contributed by atoms with E-state index in [9.17, 15) is 9.00 Å². The summed E-state index contributed by atoms with van der Waals surface area (Å²) in [5, 5.41) is 4.85. The molecular weight excluding hydrogens is 260 g/mol. The zero-order valence-electron chi connectivity index (χ0n) is 11.1. The van der Waals surface area contributed by atoms with Crippen LogP contribution in [0.15, 0.2) is 35.1 Å². The molecule has 0 fully saturated rings. The van der Waals surface area contributed by atoms with Gasteiger partial charge in [0.15, 0.2) is 0 Å². The van der Waals surface area contributed by atoms with Crippen LogP contribution in [0.3, 0.4) is 0 Å². The molecule has 1 aromatic heterocycles. The molecule has 0 radical (unpaired) electrons. The van der Waals surface area contributed by atoms with Gasteiger partial charge < -0.3 is 10.3 Å². The third kappa shape index (κ3) is 3.67. The number of hydrogen-bond donors (Lipinski definition) is 2. The molecule has 0 aliphatic rings. The Bertz CT molecular complexity index is 651. The van der Waals surface area contributed by atoms with Gasteiger partial charge in [-0.25, -0.2) is 0 Å². The third-order valence-corrected chi connectivity index (χ3v) is 3.80. The molecular formula is C14H18N2O2S. The average molecular weight is 278 g/mol. The molecule has 0 spiro atoms. The molecule has 0 saturated carbocycles. The normalized spacial score (nSPS) is 14.2. The summed E-state index contributed by atoms with van der Waals surface area (Å²) in [4.78, 5) is 14.7. The second kappa shape index (κ2) is 6.02. The maximum Gasteiger partial charge on any atom is 0.257 e. The van der Waals surface area contributed by atoms with Crippen molar-refractivity contribution in [3.8, 4) is 0 Å². The van der Waals surface area contributed by atoms with Gasteiger partial charge in [-0.05, 0) is 30.9 Å². The fraction of sp³-hybridized carbons (Fsp3) is 0.357. The maximum absolute atomic E-state index is 11.9. The molecule has 2 atom stereocenters. The van der Waals surface area contributed by atoms with Gasteiger partial charge in [-0.3, -0.25) is 9.00 Å². The molecule has 2 aromatic rings. The molecule has 0 aliphatic heterocycles. The first-order valence-corrected chi connectivity index (χ1v) is 7.97. The molecule has 5 heteroatoms. The smallest absolute Gasteiger partial charge is 0.257 e. The number of aromatic nitrogens is 1. The highest BCUT2D eigenvalue weighted by atomic mass is 32.2. The van der Waals surface area contributed by atoms with Gasteiger partial charge >= 0.3 is 0 Å². The van der Waals surface area contributed by atoms with Crippen molar-refractivity contribution in [2.45, 2.75) is 19.4 Å². The van der Waals surface area contributed by atoms with Gasteiger partial charge in [0, 0.05) is 34.2 Å². The van der Waals surface area contributed by atoms with E-state index >= 15 is 0 Å². The molecule has 19 heavy (non-hydrogen) atoms. The van der Waals surface area contributed by atoms with Crippen LogP contribution < -0.4 is 10.9 Å². The van der Waals surface area contributed by atoms with Gasteiger partial charge in [-0.2, -0.15) is 0 Å². The van der Waals surface area contributed by atoms with Crippen LogP contribution in [0.5, 0.6) is 0 Å². The van der Waals surface area contributed by atoms with Crippen molar-refractivity contribution in [1.82, 2.24) is 4.98 Å². The second-order valence-electron chi connectivity index (χ2n) is 4.71. The fourth-order valence-electron chi connectivity index (χ4n) is 1.97. The Morgan fingerprint density at radius 2 is 2.11 bits per heavy atom. The topological polar surface area (TPSA) is 62.0 Å². The summed E-state index contributed by atoms with van der Waals surface area (Å²) in [6, 6.07) is 9.58. The number of rotatable bonds is 5. The summed E-state index contributed by atoms with van der Waals surface area (Å²) in [6.07, 6.45) is 2.50. The number of fused-ring (bicyclic) bond motifs is 1. The predicted molar refractivity (Wildman–Crippen MR) is 81.2 cm³/mol. The number of pyridine rings is 1. The first kappa shape index (κ1) is 13.8. The van der Waals surface area contributed by atoms with E-state index in [2.05, 4.69) is 10.3 Å². The molecule has 0 amide bonds. The lowest BCUT2D eigenvalue weighted by Crippen LogP contribution is -2.20. The van der Waals surface area contributed by atoms with Crippen molar-refractivity contribution in [2.75, 3.05) is 17.3 Å². The quantitative estimate of drug-likeness (QED) is 0.880. The lowest BCUT2D eigenvalue weighted by molar-refractivity contribution is 0.678. The van der Waals surface area contributed by atoms with Crippen molar-refractivity contribution in [1.29, 1.82) is 0 Å². The van der Waals surface area contributed by atoms with Crippen molar-refractivity contribution < 1.29 is 4.21 Å². The van der Waals surface area contributed by atoms with Gasteiger partial charge in [0.05, 0.1) is 0 Å². The Balaban J connectivity index is 2.17. The minimum atomic E-state index is -0.783. The SMILES string of the molecule is CC(CCS(C)=O)Nc1cc2ccccc2c(=O)[nH]1. The van der Waals surface area contributed by atoms with Crippen molar-refractivity contribution in [3.63, 3.8) is 0 Å². The average Bonchev–Trinajstić information content (AvgIpc) is 2.36. The summed E-state index contributed by atoms with van der Waals surface area (Å²) in [5.41, 5.74) is -0.0909. The van der Waals surface area contributed by atoms with Crippen LogP contribution in [0.4, 0.5) is 5.82 Å². The molecule has 2 N–H and O–H groups in total. The zero-order valence-corrected chi connectivity index (χ0v) is 11.9. The summed E-state index contributed by atoms with van der Waals surface area (Å²) in [7, 11) is -0.783. The Labute approximate surface area is 114 Å². The van der Waals surface area contributed by atoms with E-state index in [-0.39, 0.29) is 11.6 Å². The molecule has 0 bridgehead atoms. The van der Waals surface area contributed by atoms with E-state index in [4.69, 9.17) is 0 Å². The molecule has 0 saturated heterocycles. The Kier molecular flexibility index (Phi) is 4.37. The summed E-state index contributed by atoms with van der Waals surface area (Å²) < 4.78 is 11.1. The monoisotopic (exact) mass is 278 g/mol. The molecule has 102 valence electrons. The molecule has 1 heterocycles. The van der Waals surface area contributed by atoms with Crippen LogP contribution >= 0.6 is 0 Å². The molecule has 1 aromatic carbocycles. The standard InChI is InChI=1S/C14H18N2O2S/c1-10(7-8-19(2)18)15-13-9-11-5-3-4-6-12(11)14(17)16-13/h3-6,9-10H,7-8H2,1-2H3,(H2,15,16,17). The van der Waals surface area contributed by atoms with Crippen molar-refractivity contribution in [2.24, 2.45) is 0 Å². The first-order chi connectivity index (χ1) is 9.06. The molecule has 4 nitrogen and oxygen atoms in total. The highest BCUT2D eigenvalue weighted by Crippen LogP contribution is 2.13. The van der Waals surface area contributed by atoms with Crippen LogP contribution in [-0.2, 0) is 10.8 Å². The van der Waals surface area contributed by atoms with Crippen LogP contribution in [0, 0.1) is 0 Å². The molecule has 2 unspecified atom stereocenters. The highest BCUT2D eigenvalue weighted by molar-refractivity contribution is 7.84. The molecule has 0 aliphatic carbocycles. The van der Waals surface area contributed by atoms with E-state index in [1.165, 1.54) is 0 Å². The number of nitrogens with one attached hydrogen (secondary N) is 2. The van der Waals surface area contributed by atoms with Crippen LogP contribution in [0.1, 0.15) is 13.3 Å². The van der Waals surface area contributed by atoms with Crippen LogP contribution in [0.25, 0.3) is 10.8 Å². The first-order valence-electron chi connectivity index (χ1n) is 6.25. The number of benzene rings is 1. The van der Waals surface area contributed by atoms with E-state index < -0.39 is 10.8 Å². The van der Waals surface area contributed by atoms with E-state index in [0.29, 0.717) is 17.0 Å². The minimum absolute atomic E-state index is 0.0909. The summed E-state index contributed by atoms with van der Waals surface area (Å²) in [6.45, 7) is 2.01. The van der Waals surface area contributed by atoms with Gasteiger partial charge in [-0.1, -0.05) is 18.2 Å². The van der Waals surface area contributed by atoms with Crippen LogP contribution in [0.2, 0.25) is 0 Å². The Morgan fingerprint density at radius 1 is 1.37 bits per heavy atom. The predicted octanol–water partition coefficient (Wildman–Crippen LogP) is 2.10. The number of H-pyrrole nitrogens is 1. The zero-order chi connectivity index (χ0) is 13.8. The molecule has 2 rings (SSSR count). The third-order valence-electron chi connectivity index (χ3n) is 2.99. The van der Waals surface area contributed by atoms with Gasteiger partial charge in [0.1, 0.15) is 5.82 Å². The lowest BCUT2D eigenvalue weighted by Gasteiger charge is -2.14. The number of aromatic amines is 1. The van der Waals surface area contributed by atoms with Crippen molar-refractivity contribution >= 4 is 27.4 Å². The van der Waals surface area contributed by atoms with E-state index in [1.54, 1.807) is 6.26 Å². The van der Waals surface area contributed by atoms with Gasteiger partial charge in [0.2, 0.25) is 0 Å². The fourth-order valence-corrected chi connectivity index (χ4v) is 2.65. The highest BCUT2D eigenvalue weighted by Gasteiger charge is 2.06. The number of hydrogen-bond acceptors (Lipinski definition) is 3. The minimum Gasteiger partial charge on any atom is -0.369 e. The summed E-state index contributed by atoms with van der Waals surface area (Å²) in [5.74, 6) is 1.37. The van der Waals surface area contributed by atoms with E-state index in [1.807, 2.05) is 37.3 Å². The largest absolute Gasteiger partial charge is 0.369 e. The van der Waals surface area contributed by atoms with E-state index in [0.717, 1.165) is 11.8 Å².